The van der Waals surface area contributed by atoms with E-state index in [9.17, 15) is 9.36 Å². The van der Waals surface area contributed by atoms with Gasteiger partial charge < -0.3 is 14.4 Å². The normalized spacial score (nSPS) is 12.3. The number of nitrogens with one attached hydrogen (secondary N) is 1. The highest BCUT2D eigenvalue weighted by Crippen LogP contribution is 2.49. The Labute approximate surface area is 132 Å². The van der Waals surface area contributed by atoms with E-state index >= 15 is 0 Å². The lowest BCUT2D eigenvalue weighted by Crippen LogP contribution is -2.30. The number of anilines is 1. The van der Waals surface area contributed by atoms with E-state index in [1.807, 2.05) is 33.8 Å². The van der Waals surface area contributed by atoms with E-state index in [1.54, 1.807) is 26.0 Å². The molecule has 0 atom stereocenters. The van der Waals surface area contributed by atoms with Crippen molar-refractivity contribution in [2.75, 3.05) is 18.5 Å². The molecule has 0 aliphatic carbocycles. The lowest BCUT2D eigenvalue weighted by molar-refractivity contribution is -0.123. The van der Waals surface area contributed by atoms with Gasteiger partial charge in [-0.1, -0.05) is 32.4 Å². The maximum absolute atomic E-state index is 13.0. The number of hydrogen-bond acceptors (Lipinski definition) is 4. The number of carbonyl (C=O) groups excluding carboxylic acids is 1. The molecule has 1 N–H and O–H groups in total. The molecular weight excluding hydrogens is 301 g/mol. The largest absolute Gasteiger partial charge is 0.363 e. The fourth-order valence-corrected chi connectivity index (χ4v) is 3.62. The predicted molar refractivity (Wildman–Crippen MR) is 89.8 cm³/mol. The molecule has 1 rings (SSSR count). The van der Waals surface area contributed by atoms with E-state index < -0.39 is 13.0 Å². The van der Waals surface area contributed by atoms with Gasteiger partial charge in [-0.05, 0) is 32.9 Å². The Morgan fingerprint density at radius 3 is 2.18 bits per heavy atom. The summed E-state index contributed by atoms with van der Waals surface area (Å²) >= 11 is 0. The van der Waals surface area contributed by atoms with Crippen LogP contribution in [0.4, 0.5) is 5.69 Å². The Kier molecular flexibility index (Phi) is 6.36. The van der Waals surface area contributed by atoms with Crippen LogP contribution in [0.15, 0.2) is 18.2 Å². The van der Waals surface area contributed by atoms with E-state index in [-0.39, 0.29) is 19.1 Å². The number of hydrogen-bond donors (Lipinski definition) is 1. The third-order valence-electron chi connectivity index (χ3n) is 2.98. The van der Waals surface area contributed by atoms with Crippen molar-refractivity contribution in [3.8, 4) is 0 Å². The molecule has 0 aromatic heterocycles. The van der Waals surface area contributed by atoms with Crippen molar-refractivity contribution in [3.05, 3.63) is 23.8 Å². The van der Waals surface area contributed by atoms with Gasteiger partial charge in [0, 0.05) is 5.41 Å². The zero-order valence-electron chi connectivity index (χ0n) is 14.2. The monoisotopic (exact) mass is 327 g/mol. The molecule has 22 heavy (non-hydrogen) atoms. The van der Waals surface area contributed by atoms with Crippen molar-refractivity contribution in [2.24, 2.45) is 5.41 Å². The third kappa shape index (κ3) is 4.67. The molecule has 0 bridgehead atoms. The molecule has 0 aliphatic rings. The first-order valence-corrected chi connectivity index (χ1v) is 9.00. The van der Waals surface area contributed by atoms with Crippen LogP contribution in [0.3, 0.4) is 0 Å². The summed E-state index contributed by atoms with van der Waals surface area (Å²) in [6.45, 7) is 11.4. The van der Waals surface area contributed by atoms with Gasteiger partial charge in [-0.3, -0.25) is 9.36 Å². The Hall–Kier alpha value is -1.16. The fraction of sp³-hybridized carbons (Fsp3) is 0.562. The van der Waals surface area contributed by atoms with Gasteiger partial charge >= 0.3 is 7.60 Å². The zero-order valence-corrected chi connectivity index (χ0v) is 15.1. The van der Waals surface area contributed by atoms with Crippen LogP contribution in [0.1, 0.15) is 40.2 Å². The Bertz CT molecular complexity index is 568. The van der Waals surface area contributed by atoms with Crippen LogP contribution < -0.4 is 10.6 Å². The number of carbonyl (C=O) groups is 1. The third-order valence-corrected chi connectivity index (χ3v) is 5.13. The van der Waals surface area contributed by atoms with Crippen LogP contribution in [0.25, 0.3) is 0 Å². The Balaban J connectivity index is 3.31. The van der Waals surface area contributed by atoms with Crippen molar-refractivity contribution in [1.29, 1.82) is 0 Å². The molecule has 5 nitrogen and oxygen atoms in total. The van der Waals surface area contributed by atoms with Gasteiger partial charge in [-0.15, -0.1) is 0 Å². The minimum absolute atomic E-state index is 0.155. The topological polar surface area (TPSA) is 64.6 Å². The molecule has 1 aromatic rings. The predicted octanol–water partition coefficient (Wildman–Crippen LogP) is 3.87. The molecule has 1 aromatic carbocycles. The summed E-state index contributed by atoms with van der Waals surface area (Å²) in [4.78, 5) is 12.2. The average Bonchev–Trinajstić information content (AvgIpc) is 2.40. The number of rotatable bonds is 6. The van der Waals surface area contributed by atoms with E-state index in [0.717, 1.165) is 5.56 Å². The molecule has 0 heterocycles. The second kappa shape index (κ2) is 7.40. The van der Waals surface area contributed by atoms with E-state index in [4.69, 9.17) is 9.05 Å². The van der Waals surface area contributed by atoms with Crippen molar-refractivity contribution in [2.45, 2.75) is 41.5 Å². The van der Waals surface area contributed by atoms with Crippen molar-refractivity contribution < 1.29 is 18.4 Å². The first-order chi connectivity index (χ1) is 10.1. The van der Waals surface area contributed by atoms with Crippen LogP contribution in [0.2, 0.25) is 0 Å². The van der Waals surface area contributed by atoms with Crippen LogP contribution in [-0.2, 0) is 18.4 Å². The SMILES string of the molecule is CCOP(=O)(OCC)c1cc(C)ccc1NC(=O)C(C)(C)C. The Morgan fingerprint density at radius 2 is 1.73 bits per heavy atom. The summed E-state index contributed by atoms with van der Waals surface area (Å²) in [5.41, 5.74) is 0.836. The van der Waals surface area contributed by atoms with Gasteiger partial charge in [0.1, 0.15) is 0 Å². The quantitative estimate of drug-likeness (QED) is 0.806. The van der Waals surface area contributed by atoms with Gasteiger partial charge in [-0.2, -0.15) is 0 Å². The lowest BCUT2D eigenvalue weighted by Gasteiger charge is -2.23. The maximum Gasteiger partial charge on any atom is 0.363 e. The van der Waals surface area contributed by atoms with Crippen molar-refractivity contribution in [3.63, 3.8) is 0 Å². The molecule has 0 fully saturated rings. The number of aryl methyl sites for hydroxylation is 1. The van der Waals surface area contributed by atoms with Gasteiger partial charge in [0.15, 0.2) is 0 Å². The molecule has 0 spiro atoms. The van der Waals surface area contributed by atoms with Crippen LogP contribution >= 0.6 is 7.60 Å². The summed E-state index contributed by atoms with van der Waals surface area (Å²) < 4.78 is 23.8. The van der Waals surface area contributed by atoms with E-state index in [2.05, 4.69) is 5.32 Å². The summed E-state index contributed by atoms with van der Waals surface area (Å²) in [6, 6.07) is 5.33. The van der Waals surface area contributed by atoms with Crippen molar-refractivity contribution in [1.82, 2.24) is 0 Å². The van der Waals surface area contributed by atoms with Crippen LogP contribution in [0.5, 0.6) is 0 Å². The summed E-state index contributed by atoms with van der Waals surface area (Å²) in [5.74, 6) is -0.155. The molecule has 1 amide bonds. The minimum Gasteiger partial charge on any atom is -0.325 e. The second-order valence-corrected chi connectivity index (χ2v) is 8.05. The molecule has 0 aliphatic heterocycles. The van der Waals surface area contributed by atoms with Gasteiger partial charge in [-0.25, -0.2) is 0 Å². The van der Waals surface area contributed by atoms with Crippen molar-refractivity contribution >= 4 is 24.5 Å². The first kappa shape index (κ1) is 18.9. The van der Waals surface area contributed by atoms with E-state index in [0.29, 0.717) is 11.0 Å². The smallest absolute Gasteiger partial charge is 0.325 e. The molecule has 0 saturated heterocycles. The fourth-order valence-electron chi connectivity index (χ4n) is 1.80. The standard InChI is InChI=1S/C16H26NO4P/c1-7-20-22(19,21-8-2)14-11-12(3)9-10-13(14)17-15(18)16(4,5)6/h9-11H,7-8H2,1-6H3,(H,17,18). The Morgan fingerprint density at radius 1 is 1.18 bits per heavy atom. The number of amides is 1. The molecule has 0 unspecified atom stereocenters. The van der Waals surface area contributed by atoms with Crippen LogP contribution in [-0.4, -0.2) is 19.1 Å². The zero-order chi connectivity index (χ0) is 17.0. The first-order valence-electron chi connectivity index (χ1n) is 7.46. The summed E-state index contributed by atoms with van der Waals surface area (Å²) in [5, 5.41) is 3.23. The molecule has 0 saturated carbocycles. The highest BCUT2D eigenvalue weighted by molar-refractivity contribution is 7.62. The maximum atomic E-state index is 13.0. The highest BCUT2D eigenvalue weighted by Gasteiger charge is 2.31. The second-order valence-electron chi connectivity index (χ2n) is 6.06. The number of benzene rings is 1. The average molecular weight is 327 g/mol. The van der Waals surface area contributed by atoms with E-state index in [1.165, 1.54) is 0 Å². The highest BCUT2D eigenvalue weighted by atomic mass is 31.2. The van der Waals surface area contributed by atoms with Gasteiger partial charge in [0.25, 0.3) is 0 Å². The molecule has 0 radical (unpaired) electrons. The lowest BCUT2D eigenvalue weighted by atomic mass is 9.95. The summed E-state index contributed by atoms with van der Waals surface area (Å²) in [7, 11) is -3.46. The van der Waals surface area contributed by atoms with Crippen LogP contribution in [0, 0.1) is 12.3 Å². The molecule has 124 valence electrons. The molecule has 6 heteroatoms. The molecular formula is C16H26NO4P. The van der Waals surface area contributed by atoms with Gasteiger partial charge in [0.05, 0.1) is 24.2 Å². The summed E-state index contributed by atoms with van der Waals surface area (Å²) in [6.07, 6.45) is 0. The van der Waals surface area contributed by atoms with Gasteiger partial charge in [0.2, 0.25) is 5.91 Å². The minimum atomic E-state index is -3.46.